The van der Waals surface area contributed by atoms with Crippen LogP contribution < -0.4 is 10.4 Å². The molecular weight excluding hydrogens is 180 g/mol. The molecule has 69 valence electrons. The smallest absolute Gasteiger partial charge is 0.0138 e. The van der Waals surface area contributed by atoms with Crippen LogP contribution in [0.1, 0.15) is 5.56 Å². The van der Waals surface area contributed by atoms with Gasteiger partial charge >= 0.3 is 0 Å². The lowest BCUT2D eigenvalue weighted by molar-refractivity contribution is 1.46. The van der Waals surface area contributed by atoms with Crippen molar-refractivity contribution in [2.24, 2.45) is 0 Å². The van der Waals surface area contributed by atoms with Crippen LogP contribution in [0.15, 0.2) is 48.1 Å². The number of rotatable bonds is 0. The Bertz CT molecular complexity index is 679. The summed E-state index contributed by atoms with van der Waals surface area (Å²) in [6, 6.07) is 6.55. The molecule has 1 radical (unpaired) electrons. The summed E-state index contributed by atoms with van der Waals surface area (Å²) in [4.78, 5) is 0. The SMILES string of the molecule is [CH]1C=Cc2cccc3c2=C1C1=CC=CC=31. The third-order valence-electron chi connectivity index (χ3n) is 3.30. The van der Waals surface area contributed by atoms with Crippen LogP contribution in [-0.2, 0) is 0 Å². The Hall–Kier alpha value is -1.82. The molecule has 1 aromatic rings. The molecule has 0 nitrogen and oxygen atoms in total. The Labute approximate surface area is 88.3 Å². The second-order valence-electron chi connectivity index (χ2n) is 4.06. The Morgan fingerprint density at radius 1 is 0.867 bits per heavy atom. The Kier molecular flexibility index (Phi) is 1.20. The fourth-order valence-electron chi connectivity index (χ4n) is 2.68. The standard InChI is InChI=1S/C15H9/c1-4-10-5-2-9-14-12-7-3-6-11(12)13(8-1)15(10)14/h1-9H. The van der Waals surface area contributed by atoms with Crippen molar-refractivity contribution >= 4 is 17.2 Å². The third-order valence-corrected chi connectivity index (χ3v) is 3.30. The van der Waals surface area contributed by atoms with Crippen LogP contribution in [0.2, 0.25) is 0 Å². The van der Waals surface area contributed by atoms with Gasteiger partial charge in [0.05, 0.1) is 0 Å². The first-order valence-electron chi connectivity index (χ1n) is 5.23. The summed E-state index contributed by atoms with van der Waals surface area (Å²) in [6.45, 7) is 0. The van der Waals surface area contributed by atoms with Crippen LogP contribution in [0.3, 0.4) is 0 Å². The number of hydrogen-bond acceptors (Lipinski definition) is 0. The molecule has 0 spiro atoms. The highest BCUT2D eigenvalue weighted by atomic mass is 14.2. The first kappa shape index (κ1) is 7.47. The van der Waals surface area contributed by atoms with Crippen LogP contribution in [0.4, 0.5) is 0 Å². The van der Waals surface area contributed by atoms with E-state index >= 15 is 0 Å². The molecule has 3 aliphatic rings. The van der Waals surface area contributed by atoms with Gasteiger partial charge in [0.15, 0.2) is 0 Å². The van der Waals surface area contributed by atoms with E-state index in [1.165, 1.54) is 32.7 Å². The number of hydrogen-bond donors (Lipinski definition) is 0. The van der Waals surface area contributed by atoms with Crippen molar-refractivity contribution in [2.75, 3.05) is 0 Å². The van der Waals surface area contributed by atoms with E-state index in [4.69, 9.17) is 0 Å². The van der Waals surface area contributed by atoms with Crippen molar-refractivity contribution in [2.45, 2.75) is 0 Å². The van der Waals surface area contributed by atoms with E-state index in [-0.39, 0.29) is 0 Å². The molecule has 0 aromatic heterocycles. The van der Waals surface area contributed by atoms with Gasteiger partial charge in [0.25, 0.3) is 0 Å². The van der Waals surface area contributed by atoms with Crippen molar-refractivity contribution in [1.29, 1.82) is 0 Å². The lowest BCUT2D eigenvalue weighted by Gasteiger charge is -2.07. The van der Waals surface area contributed by atoms with E-state index in [0.717, 1.165) is 0 Å². The second-order valence-corrected chi connectivity index (χ2v) is 4.06. The molecule has 0 fully saturated rings. The number of fused-ring (bicyclic) bond motifs is 2. The molecule has 0 amide bonds. The quantitative estimate of drug-likeness (QED) is 0.583. The zero-order valence-electron chi connectivity index (χ0n) is 8.20. The maximum absolute atomic E-state index is 2.22. The van der Waals surface area contributed by atoms with E-state index in [0.29, 0.717) is 0 Å². The van der Waals surface area contributed by atoms with Crippen LogP contribution in [0.5, 0.6) is 0 Å². The van der Waals surface area contributed by atoms with Crippen molar-refractivity contribution in [3.05, 3.63) is 70.5 Å². The summed E-state index contributed by atoms with van der Waals surface area (Å²) in [5.74, 6) is 0. The highest BCUT2D eigenvalue weighted by Crippen LogP contribution is 2.32. The Balaban J connectivity index is 2.34. The van der Waals surface area contributed by atoms with Gasteiger partial charge in [-0.2, -0.15) is 0 Å². The molecule has 4 rings (SSSR count). The van der Waals surface area contributed by atoms with Gasteiger partial charge in [-0.05, 0) is 32.7 Å². The Morgan fingerprint density at radius 2 is 1.87 bits per heavy atom. The molecule has 0 bridgehead atoms. The van der Waals surface area contributed by atoms with E-state index in [1.807, 2.05) is 0 Å². The molecule has 0 atom stereocenters. The molecular formula is C15H9. The minimum Gasteiger partial charge on any atom is -0.0754 e. The largest absolute Gasteiger partial charge is 0.0754 e. The number of allylic oxidation sites excluding steroid dienone is 5. The monoisotopic (exact) mass is 189 g/mol. The van der Waals surface area contributed by atoms with Crippen LogP contribution >= 0.6 is 0 Å². The van der Waals surface area contributed by atoms with Gasteiger partial charge in [0.2, 0.25) is 0 Å². The van der Waals surface area contributed by atoms with Gasteiger partial charge in [-0.1, -0.05) is 48.6 Å². The molecule has 0 N–H and O–H groups in total. The van der Waals surface area contributed by atoms with Crippen molar-refractivity contribution in [3.63, 3.8) is 0 Å². The van der Waals surface area contributed by atoms with E-state index in [1.54, 1.807) is 0 Å². The van der Waals surface area contributed by atoms with E-state index < -0.39 is 0 Å². The normalized spacial score (nSPS) is 19.3. The van der Waals surface area contributed by atoms with Gasteiger partial charge in [-0.3, -0.25) is 0 Å². The lowest BCUT2D eigenvalue weighted by Crippen LogP contribution is -2.27. The third kappa shape index (κ3) is 0.782. The van der Waals surface area contributed by atoms with Crippen LogP contribution in [0, 0.1) is 6.42 Å². The highest BCUT2D eigenvalue weighted by Gasteiger charge is 2.21. The summed E-state index contributed by atoms with van der Waals surface area (Å²) in [5, 5.41) is 2.81. The maximum Gasteiger partial charge on any atom is 0.0138 e. The van der Waals surface area contributed by atoms with Gasteiger partial charge in [0, 0.05) is 6.42 Å². The van der Waals surface area contributed by atoms with Crippen molar-refractivity contribution < 1.29 is 0 Å². The van der Waals surface area contributed by atoms with Gasteiger partial charge in [-0.15, -0.1) is 0 Å². The zero-order chi connectivity index (χ0) is 9.83. The molecule has 0 aliphatic heterocycles. The second kappa shape index (κ2) is 2.40. The molecule has 0 saturated carbocycles. The predicted octanol–water partition coefficient (Wildman–Crippen LogP) is 1.73. The van der Waals surface area contributed by atoms with E-state index in [2.05, 4.69) is 55.0 Å². The molecule has 3 aliphatic carbocycles. The lowest BCUT2D eigenvalue weighted by atomic mass is 9.97. The summed E-state index contributed by atoms with van der Waals surface area (Å²) >= 11 is 0. The molecule has 0 saturated heterocycles. The van der Waals surface area contributed by atoms with Crippen LogP contribution in [0.25, 0.3) is 17.2 Å². The molecule has 0 heterocycles. The Morgan fingerprint density at radius 3 is 2.87 bits per heavy atom. The minimum atomic E-state index is 1.35. The summed E-state index contributed by atoms with van der Waals surface area (Å²) in [6.07, 6.45) is 13.1. The molecule has 1 aromatic carbocycles. The number of benzene rings is 1. The van der Waals surface area contributed by atoms with Gasteiger partial charge in [0.1, 0.15) is 0 Å². The summed E-state index contributed by atoms with van der Waals surface area (Å²) in [5.41, 5.74) is 5.52. The average Bonchev–Trinajstić information content (AvgIpc) is 2.84. The molecule has 0 heteroatoms. The topological polar surface area (TPSA) is 0 Å². The summed E-state index contributed by atoms with van der Waals surface area (Å²) < 4.78 is 0. The van der Waals surface area contributed by atoms with Gasteiger partial charge < -0.3 is 0 Å². The molecule has 0 unspecified atom stereocenters. The van der Waals surface area contributed by atoms with Gasteiger partial charge in [-0.25, -0.2) is 0 Å². The first-order chi connectivity index (χ1) is 7.45. The maximum atomic E-state index is 2.22. The predicted molar refractivity (Wildman–Crippen MR) is 63.1 cm³/mol. The summed E-state index contributed by atoms with van der Waals surface area (Å²) in [7, 11) is 0. The molecule has 15 heavy (non-hydrogen) atoms. The fraction of sp³-hybridized carbons (Fsp3) is 0. The fourth-order valence-corrected chi connectivity index (χ4v) is 2.68. The van der Waals surface area contributed by atoms with Crippen LogP contribution in [-0.4, -0.2) is 0 Å². The minimum absolute atomic E-state index is 1.35. The highest BCUT2D eigenvalue weighted by molar-refractivity contribution is 6.01. The average molecular weight is 189 g/mol. The zero-order valence-corrected chi connectivity index (χ0v) is 8.20. The van der Waals surface area contributed by atoms with Crippen molar-refractivity contribution in [3.8, 4) is 0 Å². The van der Waals surface area contributed by atoms with E-state index in [9.17, 15) is 0 Å². The van der Waals surface area contributed by atoms with Crippen molar-refractivity contribution in [1.82, 2.24) is 0 Å². The first-order valence-corrected chi connectivity index (χ1v) is 5.23.